The molecule has 0 aliphatic heterocycles. The second kappa shape index (κ2) is 5.89. The summed E-state index contributed by atoms with van der Waals surface area (Å²) in [5, 5.41) is 9.72. The highest BCUT2D eigenvalue weighted by Crippen LogP contribution is 2.26. The predicted octanol–water partition coefficient (Wildman–Crippen LogP) is 3.43. The van der Waals surface area contributed by atoms with E-state index in [0.717, 1.165) is 0 Å². The van der Waals surface area contributed by atoms with Gasteiger partial charge in [-0.25, -0.2) is 4.39 Å². The van der Waals surface area contributed by atoms with Crippen LogP contribution in [-0.4, -0.2) is 5.11 Å². The Kier molecular flexibility index (Phi) is 4.80. The van der Waals surface area contributed by atoms with Crippen LogP contribution in [-0.2, 0) is 0 Å². The van der Waals surface area contributed by atoms with Crippen LogP contribution in [0.15, 0.2) is 22.7 Å². The minimum absolute atomic E-state index is 0.322. The van der Waals surface area contributed by atoms with Crippen molar-refractivity contribution in [1.29, 1.82) is 0 Å². The lowest BCUT2D eigenvalue weighted by molar-refractivity contribution is 0.164. The molecule has 0 saturated carbocycles. The SMILES string of the molecule is CC#CCCC(O)c1cccc(Br)c1F. The molecule has 0 radical (unpaired) electrons. The molecular formula is C12H12BrFO. The highest BCUT2D eigenvalue weighted by Gasteiger charge is 2.13. The fourth-order valence-electron chi connectivity index (χ4n) is 1.27. The van der Waals surface area contributed by atoms with Crippen LogP contribution in [0.3, 0.4) is 0 Å². The highest BCUT2D eigenvalue weighted by molar-refractivity contribution is 9.10. The van der Waals surface area contributed by atoms with E-state index in [1.807, 2.05) is 0 Å². The molecule has 1 N–H and O–H groups in total. The summed E-state index contributed by atoms with van der Waals surface area (Å²) in [4.78, 5) is 0. The third kappa shape index (κ3) is 3.33. The minimum atomic E-state index is -0.789. The average molecular weight is 271 g/mol. The van der Waals surface area contributed by atoms with Crippen molar-refractivity contribution in [2.75, 3.05) is 0 Å². The van der Waals surface area contributed by atoms with Crippen LogP contribution >= 0.6 is 15.9 Å². The number of rotatable bonds is 3. The van der Waals surface area contributed by atoms with Gasteiger partial charge in [0.25, 0.3) is 0 Å². The summed E-state index contributed by atoms with van der Waals surface area (Å²) in [5.74, 6) is 5.18. The normalized spacial score (nSPS) is 11.7. The summed E-state index contributed by atoms with van der Waals surface area (Å²) in [6, 6.07) is 4.90. The molecule has 15 heavy (non-hydrogen) atoms. The van der Waals surface area contributed by atoms with E-state index in [2.05, 4.69) is 27.8 Å². The van der Waals surface area contributed by atoms with E-state index in [4.69, 9.17) is 0 Å². The molecule has 0 aliphatic carbocycles. The number of benzene rings is 1. The van der Waals surface area contributed by atoms with Crippen molar-refractivity contribution >= 4 is 15.9 Å². The monoisotopic (exact) mass is 270 g/mol. The Bertz CT molecular complexity index is 392. The Balaban J connectivity index is 2.76. The van der Waals surface area contributed by atoms with Gasteiger partial charge in [-0.15, -0.1) is 11.8 Å². The van der Waals surface area contributed by atoms with E-state index in [-0.39, 0.29) is 0 Å². The molecule has 1 aromatic rings. The molecule has 1 atom stereocenters. The molecule has 1 aromatic carbocycles. The van der Waals surface area contributed by atoms with Crippen molar-refractivity contribution in [3.63, 3.8) is 0 Å². The largest absolute Gasteiger partial charge is 0.388 e. The van der Waals surface area contributed by atoms with Crippen molar-refractivity contribution in [2.24, 2.45) is 0 Å². The number of aliphatic hydroxyl groups is 1. The Morgan fingerprint density at radius 1 is 1.53 bits per heavy atom. The van der Waals surface area contributed by atoms with E-state index in [1.54, 1.807) is 25.1 Å². The van der Waals surface area contributed by atoms with Gasteiger partial charge in [-0.1, -0.05) is 12.1 Å². The zero-order valence-corrected chi connectivity index (χ0v) is 10.0. The minimum Gasteiger partial charge on any atom is -0.388 e. The van der Waals surface area contributed by atoms with Crippen molar-refractivity contribution in [3.05, 3.63) is 34.1 Å². The summed E-state index contributed by atoms with van der Waals surface area (Å²) in [5.41, 5.74) is 0.322. The van der Waals surface area contributed by atoms with Gasteiger partial charge in [0.05, 0.1) is 10.6 Å². The molecule has 0 amide bonds. The maximum atomic E-state index is 13.5. The lowest BCUT2D eigenvalue weighted by atomic mass is 10.0. The van der Waals surface area contributed by atoms with Crippen molar-refractivity contribution in [2.45, 2.75) is 25.9 Å². The molecule has 0 heterocycles. The Morgan fingerprint density at radius 2 is 2.27 bits per heavy atom. The maximum Gasteiger partial charge on any atom is 0.143 e. The lowest BCUT2D eigenvalue weighted by Crippen LogP contribution is -2.00. The third-order valence-electron chi connectivity index (χ3n) is 2.06. The van der Waals surface area contributed by atoms with E-state index < -0.39 is 11.9 Å². The first-order valence-corrected chi connectivity index (χ1v) is 5.47. The van der Waals surface area contributed by atoms with E-state index in [1.165, 1.54) is 0 Å². The highest BCUT2D eigenvalue weighted by atomic mass is 79.9. The van der Waals surface area contributed by atoms with Gasteiger partial charge in [-0.05, 0) is 35.3 Å². The van der Waals surface area contributed by atoms with Crippen LogP contribution in [0.5, 0.6) is 0 Å². The Morgan fingerprint density at radius 3 is 2.93 bits per heavy atom. The smallest absolute Gasteiger partial charge is 0.143 e. The molecule has 3 heteroatoms. The van der Waals surface area contributed by atoms with Crippen molar-refractivity contribution < 1.29 is 9.50 Å². The van der Waals surface area contributed by atoms with Crippen LogP contribution in [0.4, 0.5) is 4.39 Å². The van der Waals surface area contributed by atoms with Crippen molar-refractivity contribution in [1.82, 2.24) is 0 Å². The first-order valence-electron chi connectivity index (χ1n) is 4.68. The third-order valence-corrected chi connectivity index (χ3v) is 2.67. The van der Waals surface area contributed by atoms with Crippen LogP contribution in [0, 0.1) is 17.7 Å². The van der Waals surface area contributed by atoms with Gasteiger partial charge in [0.2, 0.25) is 0 Å². The van der Waals surface area contributed by atoms with Crippen LogP contribution in [0.2, 0.25) is 0 Å². The topological polar surface area (TPSA) is 20.2 Å². The van der Waals surface area contributed by atoms with Gasteiger partial charge >= 0.3 is 0 Å². The number of hydrogen-bond acceptors (Lipinski definition) is 1. The van der Waals surface area contributed by atoms with E-state index >= 15 is 0 Å². The second-order valence-corrected chi connectivity index (χ2v) is 3.98. The molecule has 0 aliphatic rings. The van der Waals surface area contributed by atoms with E-state index in [0.29, 0.717) is 22.9 Å². The van der Waals surface area contributed by atoms with Crippen LogP contribution in [0.1, 0.15) is 31.4 Å². The number of hydrogen-bond donors (Lipinski definition) is 1. The second-order valence-electron chi connectivity index (χ2n) is 3.12. The molecule has 0 bridgehead atoms. The molecule has 1 rings (SSSR count). The summed E-state index contributed by atoms with van der Waals surface area (Å²) in [6.45, 7) is 1.74. The van der Waals surface area contributed by atoms with Gasteiger partial charge in [-0.2, -0.15) is 0 Å². The standard InChI is InChI=1S/C12H12BrFO/c1-2-3-4-8-11(15)9-6-5-7-10(13)12(9)14/h5-7,11,15H,4,8H2,1H3. The number of aliphatic hydroxyl groups excluding tert-OH is 1. The molecule has 0 spiro atoms. The molecule has 1 nitrogen and oxygen atoms in total. The van der Waals surface area contributed by atoms with Gasteiger partial charge in [-0.3, -0.25) is 0 Å². The fraction of sp³-hybridized carbons (Fsp3) is 0.333. The molecule has 0 aromatic heterocycles. The predicted molar refractivity (Wildman–Crippen MR) is 61.7 cm³/mol. The average Bonchev–Trinajstić information content (AvgIpc) is 2.22. The molecule has 80 valence electrons. The molecule has 0 fully saturated rings. The molecule has 0 saturated heterocycles. The van der Waals surface area contributed by atoms with Gasteiger partial charge in [0, 0.05) is 12.0 Å². The zero-order valence-electron chi connectivity index (χ0n) is 8.43. The van der Waals surface area contributed by atoms with Gasteiger partial charge in [0.15, 0.2) is 0 Å². The van der Waals surface area contributed by atoms with Crippen LogP contribution in [0.25, 0.3) is 0 Å². The summed E-state index contributed by atoms with van der Waals surface area (Å²) < 4.78 is 13.9. The quantitative estimate of drug-likeness (QED) is 0.835. The molecule has 1 unspecified atom stereocenters. The maximum absolute atomic E-state index is 13.5. The summed E-state index contributed by atoms with van der Waals surface area (Å²) >= 11 is 3.08. The van der Waals surface area contributed by atoms with Crippen molar-refractivity contribution in [3.8, 4) is 11.8 Å². The van der Waals surface area contributed by atoms with E-state index in [9.17, 15) is 9.50 Å². The Labute approximate surface area is 97.4 Å². The molecular weight excluding hydrogens is 259 g/mol. The zero-order chi connectivity index (χ0) is 11.3. The first kappa shape index (κ1) is 12.2. The first-order chi connectivity index (χ1) is 7.16. The lowest BCUT2D eigenvalue weighted by Gasteiger charge is -2.10. The summed E-state index contributed by atoms with van der Waals surface area (Å²) in [7, 11) is 0. The summed E-state index contributed by atoms with van der Waals surface area (Å²) in [6.07, 6.45) is 0.237. The Hall–Kier alpha value is -0.850. The van der Waals surface area contributed by atoms with Gasteiger partial charge < -0.3 is 5.11 Å². The van der Waals surface area contributed by atoms with Crippen LogP contribution < -0.4 is 0 Å². The fourth-order valence-corrected chi connectivity index (χ4v) is 1.65. The number of halogens is 2. The van der Waals surface area contributed by atoms with Gasteiger partial charge in [0.1, 0.15) is 5.82 Å².